The average Bonchev–Trinajstić information content (AvgIpc) is 2.31. The van der Waals surface area contributed by atoms with Crippen LogP contribution in [0.3, 0.4) is 0 Å². The van der Waals surface area contributed by atoms with E-state index in [9.17, 15) is 4.79 Å². The van der Waals surface area contributed by atoms with E-state index in [2.05, 4.69) is 0 Å². The van der Waals surface area contributed by atoms with E-state index < -0.39 is 0 Å². The average molecular weight is 136 g/mol. The van der Waals surface area contributed by atoms with Gasteiger partial charge in [-0.05, 0) is 31.1 Å². The number of rotatable bonds is 0. The third kappa shape index (κ3) is 0.415. The van der Waals surface area contributed by atoms with Crippen LogP contribution in [0.15, 0.2) is 0 Å². The van der Waals surface area contributed by atoms with Gasteiger partial charge >= 0.3 is 0 Å². The summed E-state index contributed by atoms with van der Waals surface area (Å²) in [6.07, 6.45) is 6.35. The summed E-state index contributed by atoms with van der Waals surface area (Å²) in [6, 6.07) is 0. The molecule has 3 saturated carbocycles. The molecule has 1 nitrogen and oxygen atoms in total. The van der Waals surface area contributed by atoms with Crippen LogP contribution in [-0.4, -0.2) is 5.78 Å². The maximum Gasteiger partial charge on any atom is 0.140 e. The summed E-state index contributed by atoms with van der Waals surface area (Å²) >= 11 is 0. The number of Topliss-reactive ketones (excluding diaryl/α,β-unsaturated/α-hetero) is 1. The Morgan fingerprint density at radius 1 is 1.40 bits per heavy atom. The van der Waals surface area contributed by atoms with E-state index in [0.29, 0.717) is 5.78 Å². The number of hydrogen-bond acceptors (Lipinski definition) is 1. The highest BCUT2D eigenvalue weighted by atomic mass is 16.1. The van der Waals surface area contributed by atoms with Crippen molar-refractivity contribution in [3.05, 3.63) is 0 Å². The zero-order valence-corrected chi connectivity index (χ0v) is 6.10. The minimum Gasteiger partial charge on any atom is -0.299 e. The summed E-state index contributed by atoms with van der Waals surface area (Å²) in [5, 5.41) is 0. The zero-order valence-electron chi connectivity index (χ0n) is 6.10. The first kappa shape index (κ1) is 5.34. The van der Waals surface area contributed by atoms with Gasteiger partial charge in [0.2, 0.25) is 0 Å². The Morgan fingerprint density at radius 3 is 2.50 bits per heavy atom. The summed E-state index contributed by atoms with van der Waals surface area (Å²) < 4.78 is 0. The lowest BCUT2D eigenvalue weighted by atomic mass is 9.86. The van der Waals surface area contributed by atoms with E-state index in [0.717, 1.165) is 18.3 Å². The van der Waals surface area contributed by atoms with Crippen LogP contribution in [0.5, 0.6) is 0 Å². The van der Waals surface area contributed by atoms with E-state index in [-0.39, 0.29) is 5.41 Å². The highest BCUT2D eigenvalue weighted by Gasteiger charge is 2.64. The van der Waals surface area contributed by atoms with E-state index in [1.54, 1.807) is 0 Å². The number of carbonyl (C=O) groups is 1. The summed E-state index contributed by atoms with van der Waals surface area (Å²) in [6.45, 7) is 0. The van der Waals surface area contributed by atoms with Crippen LogP contribution in [0.2, 0.25) is 0 Å². The zero-order chi connectivity index (χ0) is 6.77. The molecular weight excluding hydrogens is 124 g/mol. The molecule has 0 aliphatic heterocycles. The van der Waals surface area contributed by atoms with Crippen molar-refractivity contribution in [2.45, 2.75) is 32.1 Å². The first-order valence-electron chi connectivity index (χ1n) is 4.34. The molecule has 2 bridgehead atoms. The molecule has 1 spiro atoms. The van der Waals surface area contributed by atoms with Gasteiger partial charge in [-0.1, -0.05) is 6.42 Å². The largest absolute Gasteiger partial charge is 0.299 e. The fraction of sp³-hybridized carbons (Fsp3) is 0.889. The molecule has 0 unspecified atom stereocenters. The highest BCUT2D eigenvalue weighted by Crippen LogP contribution is 2.65. The monoisotopic (exact) mass is 136 g/mol. The Morgan fingerprint density at radius 2 is 2.20 bits per heavy atom. The Hall–Kier alpha value is -0.330. The van der Waals surface area contributed by atoms with Gasteiger partial charge in [-0.25, -0.2) is 0 Å². The molecule has 0 aromatic rings. The molecule has 3 fully saturated rings. The maximum atomic E-state index is 11.1. The SMILES string of the molecule is O=C1C[C@@]12C[C@@H]1CC[C@H]2C1. The standard InChI is InChI=1S/C9H12O/c10-8-5-9(8)4-6-1-2-7(9)3-6/h6-7H,1-5H2/t6-,7+,9-/m1/s1. The Kier molecular flexibility index (Phi) is 0.704. The molecule has 0 N–H and O–H groups in total. The molecular formula is C9H12O. The summed E-state index contributed by atoms with van der Waals surface area (Å²) in [7, 11) is 0. The molecule has 3 rings (SSSR count). The van der Waals surface area contributed by atoms with Crippen molar-refractivity contribution in [1.82, 2.24) is 0 Å². The first-order chi connectivity index (χ1) is 4.81. The van der Waals surface area contributed by atoms with Gasteiger partial charge in [0, 0.05) is 11.8 Å². The minimum absolute atomic E-state index is 0.281. The van der Waals surface area contributed by atoms with E-state index in [1.807, 2.05) is 0 Å². The normalized spacial score (nSPS) is 56.6. The van der Waals surface area contributed by atoms with E-state index >= 15 is 0 Å². The molecule has 54 valence electrons. The second kappa shape index (κ2) is 1.32. The van der Waals surface area contributed by atoms with Crippen molar-refractivity contribution in [2.75, 3.05) is 0 Å². The minimum atomic E-state index is 0.281. The predicted molar refractivity (Wildman–Crippen MR) is 37.5 cm³/mol. The van der Waals surface area contributed by atoms with E-state index in [4.69, 9.17) is 0 Å². The Balaban J connectivity index is 1.98. The lowest BCUT2D eigenvalue weighted by Crippen LogP contribution is -2.13. The number of carbonyl (C=O) groups excluding carboxylic acids is 1. The van der Waals surface area contributed by atoms with Crippen LogP contribution in [0.1, 0.15) is 32.1 Å². The predicted octanol–water partition coefficient (Wildman–Crippen LogP) is 1.77. The van der Waals surface area contributed by atoms with Gasteiger partial charge in [-0.2, -0.15) is 0 Å². The number of hydrogen-bond donors (Lipinski definition) is 0. The molecule has 0 aromatic heterocycles. The van der Waals surface area contributed by atoms with Gasteiger partial charge in [0.05, 0.1) is 0 Å². The molecule has 0 radical (unpaired) electrons. The van der Waals surface area contributed by atoms with Crippen molar-refractivity contribution >= 4 is 5.78 Å². The van der Waals surface area contributed by atoms with Crippen LogP contribution in [0, 0.1) is 17.3 Å². The maximum absolute atomic E-state index is 11.1. The third-order valence-corrected chi connectivity index (χ3v) is 3.88. The van der Waals surface area contributed by atoms with Gasteiger partial charge in [-0.3, -0.25) is 4.79 Å². The van der Waals surface area contributed by atoms with Crippen molar-refractivity contribution in [3.8, 4) is 0 Å². The van der Waals surface area contributed by atoms with Crippen molar-refractivity contribution in [2.24, 2.45) is 17.3 Å². The number of fused-ring (bicyclic) bond motifs is 3. The first-order valence-corrected chi connectivity index (χ1v) is 4.34. The lowest BCUT2D eigenvalue weighted by molar-refractivity contribution is -0.113. The van der Waals surface area contributed by atoms with Crippen LogP contribution in [0.4, 0.5) is 0 Å². The van der Waals surface area contributed by atoms with Crippen molar-refractivity contribution in [1.29, 1.82) is 0 Å². The van der Waals surface area contributed by atoms with Crippen LogP contribution < -0.4 is 0 Å². The van der Waals surface area contributed by atoms with Gasteiger partial charge in [0.1, 0.15) is 5.78 Å². The van der Waals surface area contributed by atoms with Crippen molar-refractivity contribution < 1.29 is 4.79 Å². The lowest BCUT2D eigenvalue weighted by Gasteiger charge is -2.17. The quantitative estimate of drug-likeness (QED) is 0.496. The molecule has 0 saturated heterocycles. The van der Waals surface area contributed by atoms with E-state index in [1.165, 1.54) is 25.7 Å². The van der Waals surface area contributed by atoms with Crippen LogP contribution >= 0.6 is 0 Å². The molecule has 3 aliphatic carbocycles. The second-order valence-electron chi connectivity index (χ2n) is 4.34. The molecule has 0 amide bonds. The van der Waals surface area contributed by atoms with Gasteiger partial charge in [0.25, 0.3) is 0 Å². The van der Waals surface area contributed by atoms with Gasteiger partial charge in [-0.15, -0.1) is 0 Å². The number of ketones is 1. The van der Waals surface area contributed by atoms with Crippen LogP contribution in [-0.2, 0) is 4.79 Å². The third-order valence-electron chi connectivity index (χ3n) is 3.88. The highest BCUT2D eigenvalue weighted by molar-refractivity contribution is 6.01. The van der Waals surface area contributed by atoms with Crippen LogP contribution in [0.25, 0.3) is 0 Å². The molecule has 3 aliphatic rings. The molecule has 0 aromatic carbocycles. The second-order valence-corrected chi connectivity index (χ2v) is 4.34. The van der Waals surface area contributed by atoms with Gasteiger partial charge < -0.3 is 0 Å². The Bertz CT molecular complexity index is 209. The van der Waals surface area contributed by atoms with Gasteiger partial charge in [0.15, 0.2) is 0 Å². The molecule has 3 atom stereocenters. The fourth-order valence-electron chi connectivity index (χ4n) is 3.24. The topological polar surface area (TPSA) is 17.1 Å². The summed E-state index contributed by atoms with van der Waals surface area (Å²) in [5.41, 5.74) is 0.281. The molecule has 10 heavy (non-hydrogen) atoms. The summed E-state index contributed by atoms with van der Waals surface area (Å²) in [5.74, 6) is 2.35. The van der Waals surface area contributed by atoms with Crippen molar-refractivity contribution in [3.63, 3.8) is 0 Å². The smallest absolute Gasteiger partial charge is 0.140 e. The Labute approximate surface area is 60.8 Å². The summed E-state index contributed by atoms with van der Waals surface area (Å²) in [4.78, 5) is 11.1. The fourth-order valence-corrected chi connectivity index (χ4v) is 3.24. The molecule has 1 heteroatoms. The molecule has 0 heterocycles.